The lowest BCUT2D eigenvalue weighted by atomic mass is 9.91. The Labute approximate surface area is 575 Å². The molecule has 2 heterocycles. The predicted molar refractivity (Wildman–Crippen MR) is 408 cm³/mol. The number of nitrogens with zero attached hydrogens (tertiary/aromatic N) is 6. The summed E-state index contributed by atoms with van der Waals surface area (Å²) in [5, 5.41) is 3.14. The van der Waals surface area contributed by atoms with Gasteiger partial charge in [-0.25, -0.2) is 4.58 Å². The molecule has 1 aromatic heterocycles. The van der Waals surface area contributed by atoms with Crippen LogP contribution in [-0.4, -0.2) is 118 Å². The molecule has 15 heteroatoms. The zero-order valence-electron chi connectivity index (χ0n) is 58.7. The Morgan fingerprint density at radius 1 is 0.474 bits per heavy atom. The van der Waals surface area contributed by atoms with Gasteiger partial charge in [-0.15, -0.1) is 39.5 Å². The molecule has 512 valence electrons. The molecule has 8 rings (SSSR count). The molecule has 5 aromatic carbocycles. The maximum atomic E-state index is 13.0. The van der Waals surface area contributed by atoms with E-state index in [4.69, 9.17) is 27.8 Å². The van der Waals surface area contributed by atoms with Crippen LogP contribution in [0.5, 0.6) is 11.5 Å². The number of methoxy groups -OCH3 is 2. The van der Waals surface area contributed by atoms with Gasteiger partial charge in [0.1, 0.15) is 34.0 Å². The van der Waals surface area contributed by atoms with Crippen molar-refractivity contribution in [3.05, 3.63) is 231 Å². The molecule has 0 spiro atoms. The Hall–Kier alpha value is -10.3. The maximum Gasteiger partial charge on any atom is 0.305 e. The number of carbonyl (C=O) groups is 2. The van der Waals surface area contributed by atoms with E-state index in [0.717, 1.165) is 117 Å². The molecule has 0 atom stereocenters. The van der Waals surface area contributed by atoms with E-state index in [1.807, 2.05) is 111 Å². The molecule has 0 N–H and O–H groups in total. The molecule has 0 unspecified atom stereocenters. The van der Waals surface area contributed by atoms with Crippen molar-refractivity contribution in [3.8, 4) is 33.9 Å². The van der Waals surface area contributed by atoms with Gasteiger partial charge < -0.3 is 52.3 Å². The number of anilines is 5. The topological polar surface area (TPSA) is 134 Å². The van der Waals surface area contributed by atoms with Gasteiger partial charge in [-0.05, 0) is 132 Å². The molecule has 0 bridgehead atoms. The first kappa shape index (κ1) is 75.7. The molecular formula is C82H101N6O9+. The second-order valence-electron chi connectivity index (χ2n) is 23.0. The van der Waals surface area contributed by atoms with Crippen LogP contribution < -0.4 is 49.3 Å². The Kier molecular flexibility index (Phi) is 30.4. The normalized spacial score (nSPS) is 10.6. The van der Waals surface area contributed by atoms with Gasteiger partial charge in [-0.1, -0.05) is 55.7 Å². The van der Waals surface area contributed by atoms with Gasteiger partial charge >= 0.3 is 11.9 Å². The average Bonchev–Trinajstić information content (AvgIpc) is 0.751. The van der Waals surface area contributed by atoms with Crippen LogP contribution in [0.4, 0.5) is 28.4 Å². The molecule has 2 aliphatic rings. The van der Waals surface area contributed by atoms with Gasteiger partial charge in [-0.2, -0.15) is 0 Å². The summed E-state index contributed by atoms with van der Waals surface area (Å²) in [4.78, 5) is 47.3. The fraction of sp³-hybridized carbons (Fsp3) is 0.317. The number of benzene rings is 6. The Balaban J connectivity index is 0.000000256. The molecule has 0 fully saturated rings. The lowest BCUT2D eigenvalue weighted by Crippen LogP contribution is -2.30. The van der Waals surface area contributed by atoms with E-state index in [2.05, 4.69) is 164 Å². The van der Waals surface area contributed by atoms with Gasteiger partial charge in [0.05, 0.1) is 44.3 Å². The lowest BCUT2D eigenvalue weighted by Gasteiger charge is -2.27. The summed E-state index contributed by atoms with van der Waals surface area (Å²) in [6.45, 7) is 52.7. The van der Waals surface area contributed by atoms with Crippen LogP contribution in [0.1, 0.15) is 64.5 Å². The number of aryl methyl sites for hydroxylation is 2. The number of carbonyl (C=O) groups excluding carboxylic acids is 2. The van der Waals surface area contributed by atoms with Gasteiger partial charge in [-0.3, -0.25) is 14.4 Å². The van der Waals surface area contributed by atoms with E-state index in [1.165, 1.54) is 5.56 Å². The first-order valence-electron chi connectivity index (χ1n) is 33.4. The molecule has 1 aliphatic carbocycles. The van der Waals surface area contributed by atoms with Crippen LogP contribution >= 0.6 is 0 Å². The number of fused-ring (bicyclic) bond motifs is 4. The zero-order valence-corrected chi connectivity index (χ0v) is 58.7. The van der Waals surface area contributed by atoms with E-state index >= 15 is 0 Å². The molecule has 6 aromatic rings. The molecule has 0 radical (unpaired) electrons. The van der Waals surface area contributed by atoms with Gasteiger partial charge in [0.15, 0.2) is 13.1 Å². The van der Waals surface area contributed by atoms with Crippen LogP contribution in [0.15, 0.2) is 218 Å². The van der Waals surface area contributed by atoms with Crippen LogP contribution in [0, 0.1) is 13.8 Å². The zero-order chi connectivity index (χ0) is 70.4. The summed E-state index contributed by atoms with van der Waals surface area (Å²) in [5.74, 6) is 2.11. The highest BCUT2D eigenvalue weighted by Gasteiger charge is 2.24. The summed E-state index contributed by atoms with van der Waals surface area (Å²) in [6.07, 6.45) is 17.3. The van der Waals surface area contributed by atoms with E-state index in [-0.39, 0.29) is 17.4 Å². The number of hydrogen-bond acceptors (Lipinski definition) is 14. The Morgan fingerprint density at radius 2 is 0.928 bits per heavy atom. The van der Waals surface area contributed by atoms with E-state index in [0.29, 0.717) is 107 Å². The largest absolute Gasteiger partial charge is 0.497 e. The SMILES string of the molecule is C=CCN(CC=C)c1ccc2c(-c3cc(C)c(N(CC)CCCC(=O)OCC)cc3OC)c3ccc(=[N+](CC=C)CC=C)cc-3oc2c1.C=CCN(CC=C)c1ccc2c(=O)c3ccc(N(CC=C)CC=C)cc3oc2c1.CCOC(=O)CCCN(CC)c1cc(OC)ccc1C. The number of esters is 2. The lowest BCUT2D eigenvalue weighted by molar-refractivity contribution is -0.144. The number of ether oxygens (including phenoxy) is 4. The second kappa shape index (κ2) is 38.9. The molecule has 0 saturated heterocycles. The summed E-state index contributed by atoms with van der Waals surface area (Å²) < 4.78 is 36.6. The van der Waals surface area contributed by atoms with Crippen LogP contribution in [0.2, 0.25) is 0 Å². The smallest absolute Gasteiger partial charge is 0.305 e. The summed E-state index contributed by atoms with van der Waals surface area (Å²) >= 11 is 0. The minimum Gasteiger partial charge on any atom is -0.497 e. The van der Waals surface area contributed by atoms with E-state index < -0.39 is 0 Å². The Morgan fingerprint density at radius 3 is 1.35 bits per heavy atom. The van der Waals surface area contributed by atoms with Gasteiger partial charge in [0.2, 0.25) is 10.8 Å². The third-order valence-corrected chi connectivity index (χ3v) is 16.5. The maximum absolute atomic E-state index is 13.0. The molecule has 0 saturated carbocycles. The predicted octanol–water partition coefficient (Wildman–Crippen LogP) is 16.5. The molecule has 97 heavy (non-hydrogen) atoms. The molecule has 1 aliphatic heterocycles. The summed E-state index contributed by atoms with van der Waals surface area (Å²) in [7, 11) is 3.39. The minimum absolute atomic E-state index is 0.0302. The molecule has 15 nitrogen and oxygen atoms in total. The van der Waals surface area contributed by atoms with E-state index in [1.54, 1.807) is 14.2 Å². The van der Waals surface area contributed by atoms with Crippen molar-refractivity contribution < 1.29 is 37.4 Å². The molecule has 0 amide bonds. The summed E-state index contributed by atoms with van der Waals surface area (Å²) in [5.41, 5.74) is 12.4. The minimum atomic E-state index is -0.160. The first-order valence-corrected chi connectivity index (χ1v) is 33.4. The third kappa shape index (κ3) is 20.1. The van der Waals surface area contributed by atoms with Crippen molar-refractivity contribution in [1.82, 2.24) is 4.58 Å². The van der Waals surface area contributed by atoms with Crippen molar-refractivity contribution >= 4 is 73.3 Å². The van der Waals surface area contributed by atoms with Crippen molar-refractivity contribution in [2.45, 2.75) is 67.2 Å². The van der Waals surface area contributed by atoms with Crippen molar-refractivity contribution in [1.29, 1.82) is 0 Å². The van der Waals surface area contributed by atoms with E-state index in [9.17, 15) is 14.4 Å². The highest BCUT2D eigenvalue weighted by Crippen LogP contribution is 2.46. The Bertz CT molecular complexity index is 4010. The van der Waals surface area contributed by atoms with Crippen molar-refractivity contribution in [2.24, 2.45) is 0 Å². The van der Waals surface area contributed by atoms with Crippen LogP contribution in [0.25, 0.3) is 55.4 Å². The quantitative estimate of drug-likeness (QED) is 0.0160. The highest BCUT2D eigenvalue weighted by atomic mass is 16.5. The van der Waals surface area contributed by atoms with Crippen molar-refractivity contribution in [2.75, 3.05) is 130 Å². The standard InChI is InChI=1S/C41H50N3O4.C25H26N2O2.C16H25NO3/c1-9-21-43(22-10-2)31-17-19-33-38(27-31)48-39-28-32(44(23-11-3)24-12-4)18-20-34(39)41(33)35-26-30(7)36(29-37(35)46-8)42(13-5)25-15-16-40(45)47-14-6;1-5-13-26(14-6-2)19-9-11-21-23(17-19)29-24-18-20(10-12-22(24)25(21)28)27(15-7-3)16-8-4;1-5-17(11-7-8-16(18)20-6-2)15-12-14(19-4)10-9-13(15)3/h9-12,17-20,26-29H,1-4,13-16,21-25H2,5-8H3;5-12,17-18H,1-4,13-16H2;9-10,12H,5-8,11H2,1-4H3/q+1;;. The van der Waals surface area contributed by atoms with Gasteiger partial charge in [0.25, 0.3) is 0 Å². The third-order valence-electron chi connectivity index (χ3n) is 16.5. The first-order chi connectivity index (χ1) is 47.1. The average molecular weight is 1310 g/mol. The van der Waals surface area contributed by atoms with Crippen LogP contribution in [-0.2, 0) is 19.1 Å². The highest BCUT2D eigenvalue weighted by molar-refractivity contribution is 6.04. The fourth-order valence-electron chi connectivity index (χ4n) is 11.8. The number of rotatable bonds is 36. The second-order valence-corrected chi connectivity index (χ2v) is 23.0. The van der Waals surface area contributed by atoms with Crippen LogP contribution in [0.3, 0.4) is 0 Å². The molecular weight excluding hydrogens is 1210 g/mol. The summed E-state index contributed by atoms with van der Waals surface area (Å²) in [6, 6.07) is 34.4. The van der Waals surface area contributed by atoms with Crippen molar-refractivity contribution in [3.63, 3.8) is 0 Å². The van der Waals surface area contributed by atoms with Gasteiger partial charge in [0, 0.05) is 165 Å². The fourth-order valence-corrected chi connectivity index (χ4v) is 11.8. The monoisotopic (exact) mass is 1310 g/mol. The number of hydrogen-bond donors (Lipinski definition) is 0.